The fourth-order valence-electron chi connectivity index (χ4n) is 4.33. The highest BCUT2D eigenvalue weighted by Crippen LogP contribution is 2.30. The molecular formula is C29H27F3IN3O3. The van der Waals surface area contributed by atoms with E-state index in [4.69, 9.17) is 9.72 Å². The third-order valence-electron chi connectivity index (χ3n) is 6.37. The average Bonchev–Trinajstić information content (AvgIpc) is 2.89. The Morgan fingerprint density at radius 2 is 1.69 bits per heavy atom. The Bertz CT molecular complexity index is 1520. The van der Waals surface area contributed by atoms with E-state index >= 15 is 0 Å². The lowest BCUT2D eigenvalue weighted by atomic mass is 9.95. The van der Waals surface area contributed by atoms with Crippen LogP contribution in [0.2, 0.25) is 0 Å². The van der Waals surface area contributed by atoms with Crippen LogP contribution in [0.4, 0.5) is 13.2 Å². The summed E-state index contributed by atoms with van der Waals surface area (Å²) in [5, 5.41) is 3.44. The van der Waals surface area contributed by atoms with Gasteiger partial charge in [-0.25, -0.2) is 4.98 Å². The van der Waals surface area contributed by atoms with Gasteiger partial charge in [0.1, 0.15) is 5.82 Å². The quantitative estimate of drug-likeness (QED) is 0.178. The zero-order chi connectivity index (χ0) is 28.2. The lowest BCUT2D eigenvalue weighted by Gasteiger charge is -2.32. The lowest BCUT2D eigenvalue weighted by Crippen LogP contribution is -2.48. The molecule has 4 rings (SSSR count). The third-order valence-corrected chi connectivity index (χ3v) is 7.08. The molecule has 0 bridgehead atoms. The van der Waals surface area contributed by atoms with Gasteiger partial charge >= 0.3 is 6.18 Å². The first-order valence-electron chi connectivity index (χ1n) is 12.3. The number of amides is 1. The van der Waals surface area contributed by atoms with E-state index in [0.717, 1.165) is 15.7 Å². The average molecular weight is 649 g/mol. The Kier molecular flexibility index (Phi) is 8.75. The summed E-state index contributed by atoms with van der Waals surface area (Å²) in [6.07, 6.45) is -4.31. The standard InChI is InChI=1S/C29H27F3IN3O3/c1-3-39-17-16-28(2,35-25(37)18-19-8-10-20(11-9-19)29(30,31)32)27-34-24-7-5-4-6-23(24)26(38)36(27)22-14-12-21(33)13-15-22/h4-15H,3,16-18H2,1-2H3,(H,35,37). The number of nitrogens with one attached hydrogen (secondary N) is 1. The van der Waals surface area contributed by atoms with E-state index in [0.29, 0.717) is 41.0 Å². The van der Waals surface area contributed by atoms with Crippen LogP contribution in [0.3, 0.4) is 0 Å². The van der Waals surface area contributed by atoms with Crippen LogP contribution in [0, 0.1) is 3.57 Å². The fourth-order valence-corrected chi connectivity index (χ4v) is 4.69. The second kappa shape index (κ2) is 11.9. The molecule has 1 amide bonds. The molecule has 0 saturated carbocycles. The first-order valence-corrected chi connectivity index (χ1v) is 13.4. The summed E-state index contributed by atoms with van der Waals surface area (Å²) < 4.78 is 47.0. The van der Waals surface area contributed by atoms with E-state index < -0.39 is 23.2 Å². The normalized spacial score (nSPS) is 13.3. The van der Waals surface area contributed by atoms with Crippen molar-refractivity contribution >= 4 is 39.4 Å². The van der Waals surface area contributed by atoms with Crippen LogP contribution >= 0.6 is 22.6 Å². The molecule has 0 aliphatic heterocycles. The van der Waals surface area contributed by atoms with Crippen LogP contribution in [-0.2, 0) is 27.7 Å². The predicted molar refractivity (Wildman–Crippen MR) is 152 cm³/mol. The molecule has 0 radical (unpaired) electrons. The zero-order valence-electron chi connectivity index (χ0n) is 21.4. The van der Waals surface area contributed by atoms with Crippen LogP contribution in [0.15, 0.2) is 77.6 Å². The second-order valence-corrected chi connectivity index (χ2v) is 10.5. The highest BCUT2D eigenvalue weighted by Gasteiger charge is 2.35. The molecular weight excluding hydrogens is 622 g/mol. The SMILES string of the molecule is CCOCCC(C)(NC(=O)Cc1ccc(C(F)(F)F)cc1)c1nc2ccccc2c(=O)n1-c1ccc(I)cc1. The van der Waals surface area contributed by atoms with Gasteiger partial charge in [0.2, 0.25) is 5.91 Å². The van der Waals surface area contributed by atoms with Gasteiger partial charge in [-0.15, -0.1) is 0 Å². The maximum Gasteiger partial charge on any atom is 0.416 e. The number of halogens is 4. The fraction of sp³-hybridized carbons (Fsp3) is 0.276. The summed E-state index contributed by atoms with van der Waals surface area (Å²) >= 11 is 2.18. The van der Waals surface area contributed by atoms with Crippen molar-refractivity contribution in [3.8, 4) is 5.69 Å². The van der Waals surface area contributed by atoms with E-state index in [9.17, 15) is 22.8 Å². The number of hydrogen-bond donors (Lipinski definition) is 1. The van der Waals surface area contributed by atoms with Crippen molar-refractivity contribution in [3.63, 3.8) is 0 Å². The summed E-state index contributed by atoms with van der Waals surface area (Å²) in [6.45, 7) is 4.38. The van der Waals surface area contributed by atoms with Crippen molar-refractivity contribution < 1.29 is 22.7 Å². The monoisotopic (exact) mass is 649 g/mol. The number of benzene rings is 3. The number of rotatable bonds is 9. The van der Waals surface area contributed by atoms with Gasteiger partial charge in [-0.05, 0) is 90.5 Å². The molecule has 0 fully saturated rings. The summed E-state index contributed by atoms with van der Waals surface area (Å²) in [5.74, 6) is -0.0989. The molecule has 1 atom stereocenters. The van der Waals surface area contributed by atoms with Crippen molar-refractivity contribution in [2.45, 2.75) is 38.4 Å². The maximum absolute atomic E-state index is 13.8. The van der Waals surface area contributed by atoms with Crippen LogP contribution in [0.1, 0.15) is 37.2 Å². The molecule has 39 heavy (non-hydrogen) atoms. The number of para-hydroxylation sites is 1. The van der Waals surface area contributed by atoms with E-state index in [1.807, 2.05) is 31.2 Å². The number of carbonyl (C=O) groups is 1. The Hall–Kier alpha value is -3.25. The second-order valence-electron chi connectivity index (χ2n) is 9.27. The van der Waals surface area contributed by atoms with Gasteiger partial charge in [0.25, 0.3) is 5.56 Å². The van der Waals surface area contributed by atoms with Crippen molar-refractivity contribution in [1.82, 2.24) is 14.9 Å². The first-order chi connectivity index (χ1) is 18.5. The van der Waals surface area contributed by atoms with E-state index in [1.165, 1.54) is 16.7 Å². The smallest absolute Gasteiger partial charge is 0.382 e. The van der Waals surface area contributed by atoms with Gasteiger partial charge in [0.05, 0.1) is 34.1 Å². The highest BCUT2D eigenvalue weighted by atomic mass is 127. The van der Waals surface area contributed by atoms with Crippen molar-refractivity contribution in [3.05, 3.63) is 104 Å². The molecule has 4 aromatic rings. The van der Waals surface area contributed by atoms with Crippen LogP contribution in [0.25, 0.3) is 16.6 Å². The number of carbonyl (C=O) groups excluding carboxylic acids is 1. The molecule has 0 aliphatic carbocycles. The van der Waals surface area contributed by atoms with Gasteiger partial charge in [-0.2, -0.15) is 13.2 Å². The largest absolute Gasteiger partial charge is 0.416 e. The van der Waals surface area contributed by atoms with Gasteiger partial charge in [0, 0.05) is 23.2 Å². The van der Waals surface area contributed by atoms with E-state index in [1.54, 1.807) is 31.2 Å². The summed E-state index contributed by atoms with van der Waals surface area (Å²) in [7, 11) is 0. The Morgan fingerprint density at radius 3 is 2.33 bits per heavy atom. The van der Waals surface area contributed by atoms with Crippen molar-refractivity contribution in [2.24, 2.45) is 0 Å². The summed E-state index contributed by atoms with van der Waals surface area (Å²) in [5.41, 5.74) is -0.711. The minimum atomic E-state index is -4.46. The molecule has 0 saturated heterocycles. The Labute approximate surface area is 237 Å². The van der Waals surface area contributed by atoms with Gasteiger partial charge in [0.15, 0.2) is 0 Å². The Balaban J connectivity index is 1.78. The van der Waals surface area contributed by atoms with Crippen LogP contribution in [0.5, 0.6) is 0 Å². The molecule has 10 heteroatoms. The Morgan fingerprint density at radius 1 is 1.03 bits per heavy atom. The van der Waals surface area contributed by atoms with Crippen LogP contribution < -0.4 is 10.9 Å². The third kappa shape index (κ3) is 6.67. The molecule has 6 nitrogen and oxygen atoms in total. The molecule has 0 aliphatic rings. The number of fused-ring (bicyclic) bond motifs is 1. The minimum Gasteiger partial charge on any atom is -0.382 e. The highest BCUT2D eigenvalue weighted by molar-refractivity contribution is 14.1. The number of aromatic nitrogens is 2. The molecule has 3 aromatic carbocycles. The van der Waals surface area contributed by atoms with Crippen molar-refractivity contribution in [1.29, 1.82) is 0 Å². The number of ether oxygens (including phenoxy) is 1. The minimum absolute atomic E-state index is 0.149. The number of hydrogen-bond acceptors (Lipinski definition) is 4. The van der Waals surface area contributed by atoms with Crippen molar-refractivity contribution in [2.75, 3.05) is 13.2 Å². The van der Waals surface area contributed by atoms with Gasteiger partial charge in [-0.3, -0.25) is 14.2 Å². The zero-order valence-corrected chi connectivity index (χ0v) is 23.5. The van der Waals surface area contributed by atoms with Gasteiger partial charge < -0.3 is 10.1 Å². The molecule has 0 spiro atoms. The maximum atomic E-state index is 13.8. The molecule has 1 aromatic heterocycles. The summed E-state index contributed by atoms with van der Waals surface area (Å²) in [4.78, 5) is 31.9. The topological polar surface area (TPSA) is 73.2 Å². The molecule has 1 unspecified atom stereocenters. The molecule has 204 valence electrons. The lowest BCUT2D eigenvalue weighted by molar-refractivity contribution is -0.137. The molecule has 1 N–H and O–H groups in total. The summed E-state index contributed by atoms with van der Waals surface area (Å²) in [6, 6.07) is 18.9. The van der Waals surface area contributed by atoms with E-state index in [-0.39, 0.29) is 18.6 Å². The van der Waals surface area contributed by atoms with Crippen LogP contribution in [-0.4, -0.2) is 28.7 Å². The molecule has 1 heterocycles. The van der Waals surface area contributed by atoms with E-state index in [2.05, 4.69) is 27.9 Å². The predicted octanol–water partition coefficient (Wildman–Crippen LogP) is 6.01. The number of alkyl halides is 3. The number of nitrogens with zero attached hydrogens (tertiary/aromatic N) is 2. The van der Waals surface area contributed by atoms with Gasteiger partial charge in [-0.1, -0.05) is 24.3 Å². The first kappa shape index (κ1) is 28.8.